The Morgan fingerprint density at radius 1 is 1.12 bits per heavy atom. The van der Waals surface area contributed by atoms with Crippen LogP contribution in [0, 0.1) is 11.3 Å². The third kappa shape index (κ3) is 6.14. The molecule has 2 aromatic carbocycles. The molecule has 1 N–H and O–H groups in total. The summed E-state index contributed by atoms with van der Waals surface area (Å²) in [6.07, 6.45) is -1.93. The molecule has 2 fully saturated rings. The molecule has 0 spiro atoms. The summed E-state index contributed by atoms with van der Waals surface area (Å²) < 4.78 is 51.0. The number of alkyl halides is 3. The highest BCUT2D eigenvalue weighted by Gasteiger charge is 2.40. The third-order valence-corrected chi connectivity index (χ3v) is 8.06. The van der Waals surface area contributed by atoms with Gasteiger partial charge < -0.3 is 24.6 Å². The molecule has 11 heteroatoms. The predicted molar refractivity (Wildman–Crippen MR) is 151 cm³/mol. The summed E-state index contributed by atoms with van der Waals surface area (Å²) in [6, 6.07) is 16.5. The summed E-state index contributed by atoms with van der Waals surface area (Å²) in [4.78, 5) is 21.8. The number of halogens is 3. The number of aromatic nitrogens is 1. The van der Waals surface area contributed by atoms with Crippen molar-refractivity contribution in [2.75, 3.05) is 45.2 Å². The normalized spacial score (nSPS) is 18.8. The van der Waals surface area contributed by atoms with Gasteiger partial charge in [-0.3, -0.25) is 4.98 Å². The number of rotatable bonds is 6. The van der Waals surface area contributed by atoms with E-state index in [0.29, 0.717) is 49.6 Å². The Balaban J connectivity index is 1.41. The van der Waals surface area contributed by atoms with Crippen LogP contribution in [0.5, 0.6) is 5.75 Å². The molecule has 1 atom stereocenters. The number of para-hydroxylation sites is 1. The Morgan fingerprint density at radius 2 is 1.88 bits per heavy atom. The summed E-state index contributed by atoms with van der Waals surface area (Å²) in [6.45, 7) is 2.29. The second-order valence-electron chi connectivity index (χ2n) is 10.7. The molecule has 0 saturated carbocycles. The molecule has 3 heterocycles. The van der Waals surface area contributed by atoms with E-state index < -0.39 is 23.4 Å². The van der Waals surface area contributed by atoms with E-state index in [0.717, 1.165) is 36.2 Å². The van der Waals surface area contributed by atoms with Gasteiger partial charge in [0.25, 0.3) is 0 Å². The van der Waals surface area contributed by atoms with E-state index in [1.807, 2.05) is 54.4 Å². The van der Waals surface area contributed by atoms with Crippen molar-refractivity contribution in [1.29, 1.82) is 5.26 Å². The molecule has 8 nitrogen and oxygen atoms in total. The molecule has 1 unspecified atom stereocenters. The summed E-state index contributed by atoms with van der Waals surface area (Å²) in [5.74, 6) is 0.689. The molecule has 0 aliphatic carbocycles. The number of carbonyl (C=O) groups excluding carboxylic acids is 1. The lowest BCUT2D eigenvalue weighted by Crippen LogP contribution is -2.54. The summed E-state index contributed by atoms with van der Waals surface area (Å²) in [5.41, 5.74) is 1.02. The molecule has 0 bridgehead atoms. The van der Waals surface area contributed by atoms with Gasteiger partial charge in [-0.15, -0.1) is 0 Å². The van der Waals surface area contributed by atoms with Gasteiger partial charge in [0.2, 0.25) is 0 Å². The van der Waals surface area contributed by atoms with Gasteiger partial charge in [0.05, 0.1) is 35.2 Å². The van der Waals surface area contributed by atoms with E-state index in [2.05, 4.69) is 10.2 Å². The molecule has 5 rings (SSSR count). The van der Waals surface area contributed by atoms with Gasteiger partial charge in [-0.05, 0) is 68.3 Å². The number of likely N-dealkylation sites (tertiary alicyclic amines) is 1. The molecular weight excluding hydrogens is 547 g/mol. The van der Waals surface area contributed by atoms with E-state index in [9.17, 15) is 23.2 Å². The number of pyridine rings is 1. The van der Waals surface area contributed by atoms with Gasteiger partial charge in [0.15, 0.2) is 0 Å². The van der Waals surface area contributed by atoms with Crippen LogP contribution in [0.15, 0.2) is 60.8 Å². The first kappa shape index (κ1) is 29.2. The van der Waals surface area contributed by atoms with Crippen molar-refractivity contribution in [2.45, 2.75) is 37.1 Å². The number of nitrogens with zero attached hydrogens (tertiary/aromatic N) is 4. The SMILES string of the molecule is COc1ccccc1-c1ccc(C2(NC(=O)OC3CCN(C)C3)CCN(c3ccc(C(F)(F)F)cc3C#N)CC2)cn1. The van der Waals surface area contributed by atoms with Crippen LogP contribution < -0.4 is 15.0 Å². The zero-order valence-electron chi connectivity index (χ0n) is 23.4. The van der Waals surface area contributed by atoms with E-state index in [4.69, 9.17) is 14.5 Å². The number of piperidine rings is 1. The number of nitrogens with one attached hydrogen (secondary N) is 1. The molecule has 1 amide bonds. The number of methoxy groups -OCH3 is 1. The number of nitriles is 1. The smallest absolute Gasteiger partial charge is 0.416 e. The molecule has 220 valence electrons. The van der Waals surface area contributed by atoms with Gasteiger partial charge >= 0.3 is 12.3 Å². The Bertz CT molecular complexity index is 1460. The fourth-order valence-corrected chi connectivity index (χ4v) is 5.75. The molecule has 0 radical (unpaired) electrons. The predicted octanol–water partition coefficient (Wildman–Crippen LogP) is 5.57. The van der Waals surface area contributed by atoms with Gasteiger partial charge in [-0.1, -0.05) is 18.2 Å². The summed E-state index contributed by atoms with van der Waals surface area (Å²) in [7, 11) is 3.58. The first-order valence-corrected chi connectivity index (χ1v) is 13.8. The number of benzene rings is 2. The van der Waals surface area contributed by atoms with E-state index in [1.165, 1.54) is 6.07 Å². The minimum atomic E-state index is -4.54. The topological polar surface area (TPSA) is 90.7 Å². The largest absolute Gasteiger partial charge is 0.496 e. The number of carbonyl (C=O) groups is 1. The van der Waals surface area contributed by atoms with Crippen molar-refractivity contribution in [3.63, 3.8) is 0 Å². The Labute approximate surface area is 242 Å². The Hall–Kier alpha value is -4.30. The molecule has 42 heavy (non-hydrogen) atoms. The van der Waals surface area contributed by atoms with Crippen LogP contribution in [0.1, 0.15) is 36.0 Å². The van der Waals surface area contributed by atoms with Crippen molar-refractivity contribution in [2.24, 2.45) is 0 Å². The first-order chi connectivity index (χ1) is 20.1. The minimum absolute atomic E-state index is 0.0436. The minimum Gasteiger partial charge on any atom is -0.496 e. The zero-order valence-corrected chi connectivity index (χ0v) is 23.4. The van der Waals surface area contributed by atoms with Gasteiger partial charge in [-0.2, -0.15) is 18.4 Å². The van der Waals surface area contributed by atoms with Crippen LogP contribution in [0.4, 0.5) is 23.7 Å². The Kier molecular flexibility index (Phi) is 8.27. The van der Waals surface area contributed by atoms with Crippen LogP contribution in [0.3, 0.4) is 0 Å². The molecule has 2 aliphatic rings. The van der Waals surface area contributed by atoms with Crippen molar-refractivity contribution >= 4 is 11.8 Å². The fraction of sp³-hybridized carbons (Fsp3) is 0.387. The molecule has 2 aliphatic heterocycles. The van der Waals surface area contributed by atoms with Crippen LogP contribution in [-0.4, -0.2) is 62.4 Å². The van der Waals surface area contributed by atoms with E-state index in [-0.39, 0.29) is 11.7 Å². The highest BCUT2D eigenvalue weighted by molar-refractivity contribution is 5.70. The number of ether oxygens (including phenoxy) is 2. The first-order valence-electron chi connectivity index (χ1n) is 13.8. The Morgan fingerprint density at radius 3 is 2.50 bits per heavy atom. The van der Waals surface area contributed by atoms with E-state index in [1.54, 1.807) is 13.3 Å². The standard InChI is InChI=1S/C31H32F3N5O3/c1-38-14-11-24(20-38)42-29(40)37-30(23-7-9-26(36-19-23)25-5-3-4-6-28(25)41-2)12-15-39(16-13-30)27-10-8-22(31(32,33)34)17-21(27)18-35/h3-10,17,19,24H,11-16,20H2,1-2H3,(H,37,40). The monoisotopic (exact) mass is 579 g/mol. The quantitative estimate of drug-likeness (QED) is 0.408. The number of hydrogen-bond donors (Lipinski definition) is 1. The second kappa shape index (κ2) is 11.9. The maximum absolute atomic E-state index is 13.2. The lowest BCUT2D eigenvalue weighted by atomic mass is 9.81. The number of hydrogen-bond acceptors (Lipinski definition) is 7. The van der Waals surface area contributed by atoms with Gasteiger partial charge in [0.1, 0.15) is 17.9 Å². The maximum Gasteiger partial charge on any atom is 0.416 e. The van der Waals surface area contributed by atoms with Crippen molar-refractivity contribution in [1.82, 2.24) is 15.2 Å². The van der Waals surface area contributed by atoms with Crippen molar-refractivity contribution in [3.8, 4) is 23.1 Å². The summed E-state index contributed by atoms with van der Waals surface area (Å²) in [5, 5.41) is 12.7. The average Bonchev–Trinajstić information content (AvgIpc) is 3.40. The van der Waals surface area contributed by atoms with Crippen molar-refractivity contribution in [3.05, 3.63) is 77.5 Å². The number of anilines is 1. The molecule has 2 saturated heterocycles. The van der Waals surface area contributed by atoms with Gasteiger partial charge in [0, 0.05) is 37.9 Å². The lowest BCUT2D eigenvalue weighted by Gasteiger charge is -2.43. The number of likely N-dealkylation sites (N-methyl/N-ethyl adjacent to an activating group) is 1. The highest BCUT2D eigenvalue weighted by atomic mass is 19.4. The van der Waals surface area contributed by atoms with Crippen LogP contribution in [-0.2, 0) is 16.5 Å². The van der Waals surface area contributed by atoms with Crippen LogP contribution in [0.25, 0.3) is 11.3 Å². The van der Waals surface area contributed by atoms with Crippen molar-refractivity contribution < 1.29 is 27.4 Å². The number of amides is 1. The van der Waals surface area contributed by atoms with E-state index >= 15 is 0 Å². The maximum atomic E-state index is 13.2. The third-order valence-electron chi connectivity index (χ3n) is 8.06. The molecular formula is C31H32F3N5O3. The lowest BCUT2D eigenvalue weighted by molar-refractivity contribution is -0.137. The fourth-order valence-electron chi connectivity index (χ4n) is 5.75. The van der Waals surface area contributed by atoms with Crippen LogP contribution in [0.2, 0.25) is 0 Å². The number of alkyl carbamates (subject to hydrolysis) is 1. The average molecular weight is 580 g/mol. The zero-order chi connectivity index (χ0) is 29.9. The summed E-state index contributed by atoms with van der Waals surface area (Å²) >= 11 is 0. The highest BCUT2D eigenvalue weighted by Crippen LogP contribution is 2.38. The second-order valence-corrected chi connectivity index (χ2v) is 10.7. The molecule has 1 aromatic heterocycles. The van der Waals surface area contributed by atoms with Gasteiger partial charge in [-0.25, -0.2) is 4.79 Å². The molecule has 3 aromatic rings. The van der Waals surface area contributed by atoms with Crippen LogP contribution >= 0.6 is 0 Å².